The highest BCUT2D eigenvalue weighted by Gasteiger charge is 2.22. The number of benzene rings is 2. The molecule has 0 saturated heterocycles. The monoisotopic (exact) mass is 361 g/mol. The molecule has 1 unspecified atom stereocenters. The Morgan fingerprint density at radius 1 is 1.12 bits per heavy atom. The van der Waals surface area contributed by atoms with E-state index in [-0.39, 0.29) is 5.92 Å². The van der Waals surface area contributed by atoms with Gasteiger partial charge in [-0.25, -0.2) is 8.78 Å². The van der Waals surface area contributed by atoms with Crippen molar-refractivity contribution in [2.24, 2.45) is 0 Å². The molecule has 4 heteroatoms. The van der Waals surface area contributed by atoms with Gasteiger partial charge in [-0.2, -0.15) is 0 Å². The van der Waals surface area contributed by atoms with Crippen LogP contribution in [-0.4, -0.2) is 4.98 Å². The van der Waals surface area contributed by atoms with E-state index < -0.39 is 11.6 Å². The van der Waals surface area contributed by atoms with Gasteiger partial charge >= 0.3 is 0 Å². The summed E-state index contributed by atoms with van der Waals surface area (Å²) in [6.07, 6.45) is 2.98. The average molecular weight is 362 g/mol. The molecule has 0 aliphatic carbocycles. The summed E-state index contributed by atoms with van der Waals surface area (Å²) in [5.74, 6) is -1.79. The number of hydrogen-bond donors (Lipinski definition) is 1. The largest absolute Gasteiger partial charge is 0.358 e. The van der Waals surface area contributed by atoms with Gasteiger partial charge in [0, 0.05) is 27.5 Å². The van der Waals surface area contributed by atoms with Crippen LogP contribution >= 0.6 is 11.6 Å². The lowest BCUT2D eigenvalue weighted by Crippen LogP contribution is -2.05. The zero-order valence-electron chi connectivity index (χ0n) is 14.7. The fourth-order valence-electron chi connectivity index (χ4n) is 3.38. The second-order valence-electron chi connectivity index (χ2n) is 6.63. The lowest BCUT2D eigenvalue weighted by Gasteiger charge is -2.15. The van der Waals surface area contributed by atoms with Crippen LogP contribution in [0, 0.1) is 18.6 Å². The van der Waals surface area contributed by atoms with Crippen LogP contribution < -0.4 is 0 Å². The minimum atomic E-state index is -0.765. The zero-order valence-corrected chi connectivity index (χ0v) is 15.5. The highest BCUT2D eigenvalue weighted by atomic mass is 35.5. The number of unbranched alkanes of at least 4 members (excludes halogenated alkanes) is 1. The summed E-state index contributed by atoms with van der Waals surface area (Å²) in [4.78, 5) is 3.41. The minimum Gasteiger partial charge on any atom is -0.358 e. The maximum atomic E-state index is 14.5. The topological polar surface area (TPSA) is 15.8 Å². The molecule has 1 aromatic heterocycles. The number of H-pyrrole nitrogens is 1. The molecule has 1 nitrogen and oxygen atoms in total. The molecule has 132 valence electrons. The van der Waals surface area contributed by atoms with E-state index in [9.17, 15) is 8.78 Å². The third kappa shape index (κ3) is 3.30. The molecule has 0 radical (unpaired) electrons. The Balaban J connectivity index is 2.15. The molecular weight excluding hydrogens is 340 g/mol. The number of nitrogens with one attached hydrogen (secondary N) is 1. The van der Waals surface area contributed by atoms with Gasteiger partial charge in [0.05, 0.1) is 0 Å². The van der Waals surface area contributed by atoms with Crippen molar-refractivity contribution in [3.05, 3.63) is 69.4 Å². The predicted molar refractivity (Wildman–Crippen MR) is 101 cm³/mol. The Morgan fingerprint density at radius 2 is 1.88 bits per heavy atom. The van der Waals surface area contributed by atoms with Crippen molar-refractivity contribution in [1.29, 1.82) is 0 Å². The maximum Gasteiger partial charge on any atom is 0.162 e. The van der Waals surface area contributed by atoms with E-state index in [0.29, 0.717) is 16.1 Å². The molecule has 3 rings (SSSR count). The molecule has 25 heavy (non-hydrogen) atoms. The van der Waals surface area contributed by atoms with Gasteiger partial charge < -0.3 is 4.98 Å². The Bertz CT molecular complexity index is 914. The molecule has 0 fully saturated rings. The van der Waals surface area contributed by atoms with Crippen molar-refractivity contribution in [2.75, 3.05) is 0 Å². The van der Waals surface area contributed by atoms with Crippen LogP contribution in [0.1, 0.15) is 55.0 Å². The number of rotatable bonds is 5. The first-order chi connectivity index (χ1) is 11.9. The predicted octanol–water partition coefficient (Wildman–Crippen LogP) is 6.90. The van der Waals surface area contributed by atoms with Crippen LogP contribution in [0.25, 0.3) is 10.9 Å². The van der Waals surface area contributed by atoms with Gasteiger partial charge in [0.15, 0.2) is 11.6 Å². The summed E-state index contributed by atoms with van der Waals surface area (Å²) in [5, 5.41) is 1.74. The first kappa shape index (κ1) is 17.9. The summed E-state index contributed by atoms with van der Waals surface area (Å²) in [6.45, 7) is 5.62. The fraction of sp³-hybridized carbons (Fsp3) is 0.333. The molecule has 0 aliphatic rings. The smallest absolute Gasteiger partial charge is 0.162 e. The quantitative estimate of drug-likeness (QED) is 0.508. The van der Waals surface area contributed by atoms with Crippen LogP contribution in [0.4, 0.5) is 8.78 Å². The van der Waals surface area contributed by atoms with Crippen LogP contribution in [0.3, 0.4) is 0 Å². The molecule has 0 spiro atoms. The van der Waals surface area contributed by atoms with Gasteiger partial charge in [-0.1, -0.05) is 44.0 Å². The highest BCUT2D eigenvalue weighted by molar-refractivity contribution is 6.31. The molecule has 0 bridgehead atoms. The maximum absolute atomic E-state index is 14.5. The second-order valence-corrected chi connectivity index (χ2v) is 7.07. The van der Waals surface area contributed by atoms with E-state index >= 15 is 0 Å². The molecule has 0 amide bonds. The van der Waals surface area contributed by atoms with E-state index in [2.05, 4.69) is 11.9 Å². The molecule has 2 aromatic carbocycles. The molecule has 0 saturated carbocycles. The summed E-state index contributed by atoms with van der Waals surface area (Å²) in [5.41, 5.74) is 3.76. The lowest BCUT2D eigenvalue weighted by atomic mass is 9.91. The Kier molecular flexibility index (Phi) is 5.14. The van der Waals surface area contributed by atoms with E-state index in [4.69, 9.17) is 11.6 Å². The molecular formula is C21H22ClF2N. The van der Waals surface area contributed by atoms with E-state index in [1.54, 1.807) is 19.1 Å². The summed E-state index contributed by atoms with van der Waals surface area (Å²) in [7, 11) is 0. The average Bonchev–Trinajstić information content (AvgIpc) is 2.95. The summed E-state index contributed by atoms with van der Waals surface area (Å²) in [6, 6.07) is 9.04. The summed E-state index contributed by atoms with van der Waals surface area (Å²) >= 11 is 6.17. The Morgan fingerprint density at radius 3 is 2.60 bits per heavy atom. The van der Waals surface area contributed by atoms with Crippen LogP contribution in [0.15, 0.2) is 30.3 Å². The molecule has 1 atom stereocenters. The van der Waals surface area contributed by atoms with Crippen LogP contribution in [0.5, 0.6) is 0 Å². The molecule has 1 N–H and O–H groups in total. The minimum absolute atomic E-state index is 0.270. The zero-order chi connectivity index (χ0) is 18.1. The standard InChI is InChI=1S/C21H22ClF2N/c1-4-5-6-16-17-11-14(22)8-10-18(17)25-21(16)13(3)15-9-7-12(2)19(23)20(15)24/h7-11,13,25H,4-6H2,1-3H3. The first-order valence-corrected chi connectivity index (χ1v) is 9.06. The number of aryl methyl sites for hydroxylation is 2. The molecule has 3 aromatic rings. The van der Waals surface area contributed by atoms with Gasteiger partial charge in [0.25, 0.3) is 0 Å². The first-order valence-electron chi connectivity index (χ1n) is 8.68. The lowest BCUT2D eigenvalue weighted by molar-refractivity contribution is 0.490. The van der Waals surface area contributed by atoms with Gasteiger partial charge in [-0.05, 0) is 54.7 Å². The third-order valence-electron chi connectivity index (χ3n) is 4.89. The fourth-order valence-corrected chi connectivity index (χ4v) is 3.56. The molecule has 1 heterocycles. The van der Waals surface area contributed by atoms with Crippen molar-refractivity contribution in [3.63, 3.8) is 0 Å². The van der Waals surface area contributed by atoms with Crippen LogP contribution in [0.2, 0.25) is 5.02 Å². The summed E-state index contributed by atoms with van der Waals surface area (Å²) < 4.78 is 28.5. The number of aromatic amines is 1. The van der Waals surface area contributed by atoms with Crippen molar-refractivity contribution < 1.29 is 8.78 Å². The van der Waals surface area contributed by atoms with E-state index in [0.717, 1.165) is 41.4 Å². The Labute approximate surface area is 152 Å². The number of aromatic nitrogens is 1. The van der Waals surface area contributed by atoms with Crippen LogP contribution in [-0.2, 0) is 6.42 Å². The SMILES string of the molecule is CCCCc1c(C(C)c2ccc(C)c(F)c2F)[nH]c2ccc(Cl)cc12. The Hall–Kier alpha value is -1.87. The normalized spacial score (nSPS) is 12.7. The second kappa shape index (κ2) is 7.17. The van der Waals surface area contributed by atoms with Crippen molar-refractivity contribution in [3.8, 4) is 0 Å². The van der Waals surface area contributed by atoms with E-state index in [1.807, 2.05) is 25.1 Å². The van der Waals surface area contributed by atoms with Crippen molar-refractivity contribution >= 4 is 22.5 Å². The van der Waals surface area contributed by atoms with Gasteiger partial charge in [-0.3, -0.25) is 0 Å². The number of hydrogen-bond acceptors (Lipinski definition) is 0. The van der Waals surface area contributed by atoms with Gasteiger partial charge in [0.2, 0.25) is 0 Å². The number of fused-ring (bicyclic) bond motifs is 1. The van der Waals surface area contributed by atoms with E-state index in [1.165, 1.54) is 0 Å². The van der Waals surface area contributed by atoms with Gasteiger partial charge in [-0.15, -0.1) is 0 Å². The van der Waals surface area contributed by atoms with Crippen molar-refractivity contribution in [2.45, 2.75) is 46.0 Å². The third-order valence-corrected chi connectivity index (χ3v) is 5.12. The number of halogens is 3. The highest BCUT2D eigenvalue weighted by Crippen LogP contribution is 2.35. The van der Waals surface area contributed by atoms with Gasteiger partial charge in [0.1, 0.15) is 0 Å². The molecule has 0 aliphatic heterocycles. The van der Waals surface area contributed by atoms with Crippen molar-refractivity contribution in [1.82, 2.24) is 4.98 Å².